The number of hydrogen-bond donors (Lipinski definition) is 2. The van der Waals surface area contributed by atoms with E-state index in [0.29, 0.717) is 18.8 Å². The van der Waals surface area contributed by atoms with Gasteiger partial charge in [0.05, 0.1) is 6.61 Å². The Bertz CT molecular complexity index is 451. The van der Waals surface area contributed by atoms with Crippen molar-refractivity contribution in [1.29, 1.82) is 0 Å². The third-order valence-electron chi connectivity index (χ3n) is 2.87. The van der Waals surface area contributed by atoms with E-state index in [2.05, 4.69) is 5.32 Å². The van der Waals surface area contributed by atoms with Crippen molar-refractivity contribution < 1.29 is 19.4 Å². The predicted molar refractivity (Wildman–Crippen MR) is 70.2 cm³/mol. The molecule has 0 radical (unpaired) electrons. The van der Waals surface area contributed by atoms with Crippen molar-refractivity contribution in [2.75, 3.05) is 11.9 Å². The molecule has 5 nitrogen and oxygen atoms in total. The Balaban J connectivity index is 1.74. The van der Waals surface area contributed by atoms with Crippen LogP contribution in [0.4, 0.5) is 5.69 Å². The van der Waals surface area contributed by atoms with E-state index >= 15 is 0 Å². The fourth-order valence-corrected chi connectivity index (χ4v) is 1.64. The van der Waals surface area contributed by atoms with E-state index < -0.39 is 5.97 Å². The molecule has 1 fully saturated rings. The zero-order valence-electron chi connectivity index (χ0n) is 10.6. The lowest BCUT2D eigenvalue weighted by atomic mass is 10.3. The van der Waals surface area contributed by atoms with Crippen LogP contribution in [-0.2, 0) is 9.59 Å². The SMILES string of the molecule is O=C(O)CCCOc1ccc(NC(=O)C2CC2)cc1. The van der Waals surface area contributed by atoms with Gasteiger partial charge in [-0.25, -0.2) is 0 Å². The second kappa shape index (κ2) is 6.22. The van der Waals surface area contributed by atoms with Crippen LogP contribution in [0, 0.1) is 5.92 Å². The van der Waals surface area contributed by atoms with Crippen LogP contribution >= 0.6 is 0 Å². The number of amides is 1. The Morgan fingerprint density at radius 1 is 1.26 bits per heavy atom. The molecule has 0 atom stereocenters. The van der Waals surface area contributed by atoms with Crippen LogP contribution in [0.1, 0.15) is 25.7 Å². The average Bonchev–Trinajstić information content (AvgIpc) is 3.20. The molecular weight excluding hydrogens is 246 g/mol. The van der Waals surface area contributed by atoms with E-state index in [4.69, 9.17) is 9.84 Å². The van der Waals surface area contributed by atoms with Crippen molar-refractivity contribution >= 4 is 17.6 Å². The van der Waals surface area contributed by atoms with Gasteiger partial charge in [0.2, 0.25) is 5.91 Å². The van der Waals surface area contributed by atoms with Crippen molar-refractivity contribution in [3.63, 3.8) is 0 Å². The minimum Gasteiger partial charge on any atom is -0.494 e. The molecule has 0 spiro atoms. The normalized spacial score (nSPS) is 13.9. The molecule has 19 heavy (non-hydrogen) atoms. The summed E-state index contributed by atoms with van der Waals surface area (Å²) in [7, 11) is 0. The second-order valence-corrected chi connectivity index (χ2v) is 4.63. The van der Waals surface area contributed by atoms with Gasteiger partial charge in [0.1, 0.15) is 5.75 Å². The molecule has 0 aromatic heterocycles. The molecule has 0 bridgehead atoms. The van der Waals surface area contributed by atoms with Crippen LogP contribution in [-0.4, -0.2) is 23.6 Å². The summed E-state index contributed by atoms with van der Waals surface area (Å²) in [6.07, 6.45) is 2.55. The molecule has 0 unspecified atom stereocenters. The fourth-order valence-electron chi connectivity index (χ4n) is 1.64. The van der Waals surface area contributed by atoms with E-state index in [1.165, 1.54) is 0 Å². The predicted octanol–water partition coefficient (Wildman–Crippen LogP) is 2.28. The quantitative estimate of drug-likeness (QED) is 0.740. The van der Waals surface area contributed by atoms with Gasteiger partial charge in [0.15, 0.2) is 0 Å². The highest BCUT2D eigenvalue weighted by atomic mass is 16.5. The molecular formula is C14H17NO4. The number of carbonyl (C=O) groups excluding carboxylic acids is 1. The number of hydrogen-bond acceptors (Lipinski definition) is 3. The summed E-state index contributed by atoms with van der Waals surface area (Å²) in [4.78, 5) is 21.9. The molecule has 2 N–H and O–H groups in total. The van der Waals surface area contributed by atoms with E-state index in [1.807, 2.05) is 0 Å². The van der Waals surface area contributed by atoms with Gasteiger partial charge in [0, 0.05) is 18.0 Å². The summed E-state index contributed by atoms with van der Waals surface area (Å²) in [5.74, 6) is 0.124. The summed E-state index contributed by atoms with van der Waals surface area (Å²) in [5, 5.41) is 11.3. The fraction of sp³-hybridized carbons (Fsp3) is 0.429. The largest absolute Gasteiger partial charge is 0.494 e. The third-order valence-corrected chi connectivity index (χ3v) is 2.87. The first kappa shape index (κ1) is 13.4. The zero-order chi connectivity index (χ0) is 13.7. The summed E-state index contributed by atoms with van der Waals surface area (Å²) < 4.78 is 5.40. The van der Waals surface area contributed by atoms with Crippen LogP contribution < -0.4 is 10.1 Å². The van der Waals surface area contributed by atoms with E-state index in [9.17, 15) is 9.59 Å². The van der Waals surface area contributed by atoms with Gasteiger partial charge in [-0.2, -0.15) is 0 Å². The Hall–Kier alpha value is -2.04. The standard InChI is InChI=1S/C14H17NO4/c16-13(17)2-1-9-19-12-7-5-11(6-8-12)15-14(18)10-3-4-10/h5-8,10H,1-4,9H2,(H,15,18)(H,16,17). The molecule has 5 heteroatoms. The Morgan fingerprint density at radius 3 is 2.53 bits per heavy atom. The van der Waals surface area contributed by atoms with Crippen molar-refractivity contribution in [3.8, 4) is 5.75 Å². The number of carboxylic acid groups (broad SMARTS) is 1. The van der Waals surface area contributed by atoms with Gasteiger partial charge < -0.3 is 15.2 Å². The highest BCUT2D eigenvalue weighted by Crippen LogP contribution is 2.30. The molecule has 102 valence electrons. The molecule has 2 rings (SSSR count). The van der Waals surface area contributed by atoms with Crippen LogP contribution in [0.2, 0.25) is 0 Å². The van der Waals surface area contributed by atoms with Crippen molar-refractivity contribution in [2.24, 2.45) is 5.92 Å². The number of carboxylic acids is 1. The van der Waals surface area contributed by atoms with Gasteiger partial charge in [-0.3, -0.25) is 9.59 Å². The Morgan fingerprint density at radius 2 is 1.95 bits per heavy atom. The lowest BCUT2D eigenvalue weighted by Gasteiger charge is -2.07. The minimum absolute atomic E-state index is 0.0788. The van der Waals surface area contributed by atoms with Crippen molar-refractivity contribution in [3.05, 3.63) is 24.3 Å². The monoisotopic (exact) mass is 263 g/mol. The molecule has 1 aliphatic rings. The molecule has 0 aliphatic heterocycles. The third kappa shape index (κ3) is 4.62. The first-order valence-electron chi connectivity index (χ1n) is 6.40. The van der Waals surface area contributed by atoms with E-state index in [1.54, 1.807) is 24.3 Å². The molecule has 1 aromatic carbocycles. The summed E-state index contributed by atoms with van der Waals surface area (Å²) in [6.45, 7) is 0.375. The van der Waals surface area contributed by atoms with E-state index in [0.717, 1.165) is 18.5 Å². The van der Waals surface area contributed by atoms with Crippen molar-refractivity contribution in [2.45, 2.75) is 25.7 Å². The average molecular weight is 263 g/mol. The van der Waals surface area contributed by atoms with Crippen LogP contribution in [0.25, 0.3) is 0 Å². The number of nitrogens with one attached hydrogen (secondary N) is 1. The van der Waals surface area contributed by atoms with Gasteiger partial charge in [-0.15, -0.1) is 0 Å². The number of carbonyl (C=O) groups is 2. The van der Waals surface area contributed by atoms with Gasteiger partial charge in [0.25, 0.3) is 0 Å². The number of rotatable bonds is 7. The van der Waals surface area contributed by atoms with Crippen LogP contribution in [0.5, 0.6) is 5.75 Å². The molecule has 1 amide bonds. The Labute approximate surface area is 111 Å². The number of aliphatic carboxylic acids is 1. The molecule has 0 saturated heterocycles. The lowest BCUT2D eigenvalue weighted by molar-refractivity contribution is -0.137. The van der Waals surface area contributed by atoms with Crippen LogP contribution in [0.15, 0.2) is 24.3 Å². The van der Waals surface area contributed by atoms with Gasteiger partial charge in [-0.05, 0) is 43.5 Å². The molecule has 1 aliphatic carbocycles. The summed E-state index contributed by atoms with van der Waals surface area (Å²) in [5.41, 5.74) is 0.759. The maximum absolute atomic E-state index is 11.5. The Kier molecular flexibility index (Phi) is 4.39. The summed E-state index contributed by atoms with van der Waals surface area (Å²) >= 11 is 0. The van der Waals surface area contributed by atoms with E-state index in [-0.39, 0.29) is 18.2 Å². The smallest absolute Gasteiger partial charge is 0.303 e. The maximum atomic E-state index is 11.5. The summed E-state index contributed by atoms with van der Waals surface area (Å²) in [6, 6.07) is 7.10. The molecule has 1 aromatic rings. The lowest BCUT2D eigenvalue weighted by Crippen LogP contribution is -2.13. The zero-order valence-corrected chi connectivity index (χ0v) is 10.6. The minimum atomic E-state index is -0.818. The second-order valence-electron chi connectivity index (χ2n) is 4.63. The molecule has 1 saturated carbocycles. The molecule has 0 heterocycles. The first-order valence-corrected chi connectivity index (χ1v) is 6.40. The van der Waals surface area contributed by atoms with Crippen LogP contribution in [0.3, 0.4) is 0 Å². The number of anilines is 1. The number of benzene rings is 1. The van der Waals surface area contributed by atoms with Crippen molar-refractivity contribution in [1.82, 2.24) is 0 Å². The number of ether oxygens (including phenoxy) is 1. The maximum Gasteiger partial charge on any atom is 0.303 e. The highest BCUT2D eigenvalue weighted by molar-refractivity contribution is 5.94. The topological polar surface area (TPSA) is 75.6 Å². The van der Waals surface area contributed by atoms with Gasteiger partial charge >= 0.3 is 5.97 Å². The first-order chi connectivity index (χ1) is 9.15. The van der Waals surface area contributed by atoms with Gasteiger partial charge in [-0.1, -0.05) is 0 Å². The highest BCUT2D eigenvalue weighted by Gasteiger charge is 2.29.